The maximum atomic E-state index is 12.4. The fourth-order valence-corrected chi connectivity index (χ4v) is 2.73. The molecule has 0 aliphatic heterocycles. The van der Waals surface area contributed by atoms with Crippen LogP contribution in [-0.4, -0.2) is 22.2 Å². The Morgan fingerprint density at radius 1 is 1.24 bits per heavy atom. The van der Waals surface area contributed by atoms with E-state index in [-0.39, 0.29) is 5.88 Å². The molecular weight excluding hydrogens is 340 g/mol. The van der Waals surface area contributed by atoms with Crippen LogP contribution in [0.5, 0.6) is 5.88 Å². The zero-order valence-corrected chi connectivity index (χ0v) is 15.2. The summed E-state index contributed by atoms with van der Waals surface area (Å²) in [5.74, 6) is 0.232. The quantitative estimate of drug-likeness (QED) is 0.574. The number of benzene rings is 1. The number of aryl methyl sites for hydroxylation is 1. The summed E-state index contributed by atoms with van der Waals surface area (Å²) in [6, 6.07) is 12.9. The first kappa shape index (κ1) is 19.1. The van der Waals surface area contributed by atoms with E-state index in [1.165, 1.54) is 0 Å². The first-order chi connectivity index (χ1) is 12.1. The van der Waals surface area contributed by atoms with Gasteiger partial charge in [0.25, 0.3) is 5.88 Å². The number of hydrogen-bond acceptors (Lipinski definition) is 5. The van der Waals surface area contributed by atoms with Crippen LogP contribution in [0.4, 0.5) is 4.79 Å². The topological polar surface area (TPSA) is 83.5 Å². The second-order valence-electron chi connectivity index (χ2n) is 5.39. The van der Waals surface area contributed by atoms with Crippen LogP contribution < -0.4 is 9.46 Å². The van der Waals surface area contributed by atoms with Gasteiger partial charge in [-0.3, -0.25) is 0 Å². The summed E-state index contributed by atoms with van der Waals surface area (Å²) in [4.78, 5) is 16.3. The van der Waals surface area contributed by atoms with Gasteiger partial charge in [-0.2, -0.15) is 0 Å². The normalized spacial score (nSPS) is 11.6. The van der Waals surface area contributed by atoms with E-state index in [1.807, 2.05) is 44.2 Å². The number of hydrogen-bond donors (Lipinski definition) is 1. The van der Waals surface area contributed by atoms with Crippen LogP contribution in [0.3, 0.4) is 0 Å². The molecule has 6 nitrogen and oxygen atoms in total. The number of unbranched alkanes of at least 4 members (excludes halogenated alkanes) is 1. The molecule has 0 radical (unpaired) electrons. The van der Waals surface area contributed by atoms with Gasteiger partial charge in [-0.1, -0.05) is 43.7 Å². The van der Waals surface area contributed by atoms with Crippen molar-refractivity contribution >= 4 is 17.5 Å². The Morgan fingerprint density at radius 3 is 2.72 bits per heavy atom. The lowest BCUT2D eigenvalue weighted by Crippen LogP contribution is -2.31. The molecule has 0 aliphatic carbocycles. The highest BCUT2D eigenvalue weighted by Crippen LogP contribution is 2.22. The molecule has 1 aromatic carbocycles. The molecular formula is C18H22N2O4S. The van der Waals surface area contributed by atoms with Crippen molar-refractivity contribution in [2.24, 2.45) is 0 Å². The molecule has 0 aliphatic rings. The van der Waals surface area contributed by atoms with Gasteiger partial charge in [0.05, 0.1) is 6.61 Å². The highest BCUT2D eigenvalue weighted by Gasteiger charge is 2.23. The SMILES string of the molecule is CCCCOC(=O)N[S+]([O-])c1ccc(C)nc1OCc1ccccc1. The Labute approximate surface area is 150 Å². The summed E-state index contributed by atoms with van der Waals surface area (Å²) in [5, 5.41) is 0. The summed E-state index contributed by atoms with van der Waals surface area (Å²) in [6.07, 6.45) is 0.953. The number of carbonyl (C=O) groups excluding carboxylic acids is 1. The van der Waals surface area contributed by atoms with Crippen LogP contribution >= 0.6 is 0 Å². The lowest BCUT2D eigenvalue weighted by Gasteiger charge is -2.14. The van der Waals surface area contributed by atoms with Gasteiger partial charge in [-0.05, 0) is 25.0 Å². The van der Waals surface area contributed by atoms with E-state index < -0.39 is 17.5 Å². The van der Waals surface area contributed by atoms with E-state index in [1.54, 1.807) is 12.1 Å². The van der Waals surface area contributed by atoms with Gasteiger partial charge in [0.15, 0.2) is 0 Å². The molecule has 0 bridgehead atoms. The zero-order valence-electron chi connectivity index (χ0n) is 14.4. The molecule has 7 heteroatoms. The highest BCUT2D eigenvalue weighted by atomic mass is 32.2. The van der Waals surface area contributed by atoms with Crippen LogP contribution in [0.1, 0.15) is 31.0 Å². The Balaban J connectivity index is 2.02. The van der Waals surface area contributed by atoms with Gasteiger partial charge >= 0.3 is 6.09 Å². The molecule has 0 saturated carbocycles. The minimum atomic E-state index is -1.81. The lowest BCUT2D eigenvalue weighted by atomic mass is 10.2. The maximum Gasteiger partial charge on any atom is 0.449 e. The standard InChI is InChI=1S/C18H22N2O4S/c1-3-4-12-23-18(21)20-25(22)16-11-10-14(2)19-17(16)24-13-15-8-6-5-7-9-15/h5-11H,3-4,12-13H2,1-2H3,(H,20,21). The summed E-state index contributed by atoms with van der Waals surface area (Å²) >= 11 is -1.81. The second-order valence-corrected chi connectivity index (χ2v) is 6.57. The van der Waals surface area contributed by atoms with Gasteiger partial charge in [-0.15, -0.1) is 4.72 Å². The minimum absolute atomic E-state index is 0.232. The number of amides is 1. The van der Waals surface area contributed by atoms with Crippen molar-refractivity contribution in [1.29, 1.82) is 0 Å². The van der Waals surface area contributed by atoms with E-state index in [4.69, 9.17) is 9.47 Å². The second kappa shape index (κ2) is 9.90. The number of carbonyl (C=O) groups is 1. The van der Waals surface area contributed by atoms with Gasteiger partial charge in [0, 0.05) is 11.8 Å². The largest absolute Gasteiger partial charge is 0.588 e. The van der Waals surface area contributed by atoms with E-state index >= 15 is 0 Å². The van der Waals surface area contributed by atoms with Crippen LogP contribution in [0, 0.1) is 6.92 Å². The van der Waals surface area contributed by atoms with Gasteiger partial charge < -0.3 is 14.0 Å². The van der Waals surface area contributed by atoms with E-state index in [0.29, 0.717) is 18.1 Å². The summed E-state index contributed by atoms with van der Waals surface area (Å²) < 4.78 is 25.4. The smallest absolute Gasteiger partial charge is 0.449 e. The average Bonchev–Trinajstić information content (AvgIpc) is 2.61. The highest BCUT2D eigenvalue weighted by molar-refractivity contribution is 7.90. The van der Waals surface area contributed by atoms with Crippen molar-refractivity contribution in [3.05, 3.63) is 53.7 Å². The third-order valence-electron chi connectivity index (χ3n) is 3.29. The Kier molecular flexibility index (Phi) is 7.56. The van der Waals surface area contributed by atoms with E-state index in [2.05, 4.69) is 9.71 Å². The summed E-state index contributed by atoms with van der Waals surface area (Å²) in [6.45, 7) is 4.40. The molecule has 134 valence electrons. The monoisotopic (exact) mass is 362 g/mol. The van der Waals surface area contributed by atoms with Crippen molar-refractivity contribution in [3.63, 3.8) is 0 Å². The van der Waals surface area contributed by atoms with Gasteiger partial charge in [-0.25, -0.2) is 9.78 Å². The molecule has 1 heterocycles. The van der Waals surface area contributed by atoms with Crippen molar-refractivity contribution < 1.29 is 18.8 Å². The third kappa shape index (κ3) is 6.28. The van der Waals surface area contributed by atoms with E-state index in [0.717, 1.165) is 24.1 Å². The number of aromatic nitrogens is 1. The number of nitrogens with zero attached hydrogens (tertiary/aromatic N) is 1. The first-order valence-electron chi connectivity index (χ1n) is 8.09. The number of pyridine rings is 1. The van der Waals surface area contributed by atoms with Crippen LogP contribution in [0.2, 0.25) is 0 Å². The zero-order chi connectivity index (χ0) is 18.1. The fourth-order valence-electron chi connectivity index (χ4n) is 1.96. The van der Waals surface area contributed by atoms with E-state index in [9.17, 15) is 9.35 Å². The Bertz CT molecular complexity index is 682. The predicted molar refractivity (Wildman–Crippen MR) is 95.5 cm³/mol. The van der Waals surface area contributed by atoms with Gasteiger partial charge in [0.2, 0.25) is 4.90 Å². The minimum Gasteiger partial charge on any atom is -0.588 e. The average molecular weight is 362 g/mol. The first-order valence-corrected chi connectivity index (χ1v) is 9.24. The van der Waals surface area contributed by atoms with Gasteiger partial charge in [0.1, 0.15) is 18.0 Å². The molecule has 2 aromatic rings. The third-order valence-corrected chi connectivity index (χ3v) is 4.35. The molecule has 1 aromatic heterocycles. The van der Waals surface area contributed by atoms with Crippen LogP contribution in [-0.2, 0) is 22.7 Å². The molecule has 0 spiro atoms. The maximum absolute atomic E-state index is 12.4. The van der Waals surface area contributed by atoms with Crippen LogP contribution in [0.15, 0.2) is 47.4 Å². The number of rotatable bonds is 8. The predicted octanol–water partition coefficient (Wildman–Crippen LogP) is 3.52. The molecule has 0 fully saturated rings. The summed E-state index contributed by atoms with van der Waals surface area (Å²) in [5.41, 5.74) is 1.70. The fraction of sp³-hybridized carbons (Fsp3) is 0.333. The van der Waals surface area contributed by atoms with Crippen LogP contribution in [0.25, 0.3) is 0 Å². The summed E-state index contributed by atoms with van der Waals surface area (Å²) in [7, 11) is 0. The molecule has 1 N–H and O–H groups in total. The molecule has 1 amide bonds. The van der Waals surface area contributed by atoms with Crippen molar-refractivity contribution in [2.45, 2.75) is 38.2 Å². The number of nitrogens with one attached hydrogen (secondary N) is 1. The van der Waals surface area contributed by atoms with Crippen molar-refractivity contribution in [2.75, 3.05) is 6.61 Å². The molecule has 2 rings (SSSR count). The van der Waals surface area contributed by atoms with Crippen molar-refractivity contribution in [3.8, 4) is 5.88 Å². The molecule has 25 heavy (non-hydrogen) atoms. The number of ether oxygens (including phenoxy) is 2. The molecule has 0 saturated heterocycles. The van der Waals surface area contributed by atoms with Crippen molar-refractivity contribution in [1.82, 2.24) is 9.71 Å². The molecule has 1 unspecified atom stereocenters. The Hall–Kier alpha value is -2.25. The Morgan fingerprint density at radius 2 is 2.00 bits per heavy atom. The lowest BCUT2D eigenvalue weighted by molar-refractivity contribution is 0.151. The molecule has 1 atom stereocenters.